The molecule has 0 saturated heterocycles. The number of nitrogens with zero attached hydrogens (tertiary/aromatic N) is 3. The largest absolute Gasteiger partial charge is 0.493 e. The second kappa shape index (κ2) is 12.0. The number of aliphatic hydroxyl groups excluding tert-OH is 2. The van der Waals surface area contributed by atoms with Crippen molar-refractivity contribution < 1.29 is 29.0 Å². The number of aryl methyl sites for hydroxylation is 1. The first-order valence-electron chi connectivity index (χ1n) is 11.1. The maximum atomic E-state index is 11.1. The zero-order valence-electron chi connectivity index (χ0n) is 20.0. The van der Waals surface area contributed by atoms with Gasteiger partial charge in [-0.1, -0.05) is 30.6 Å². The number of rotatable bonds is 11. The summed E-state index contributed by atoms with van der Waals surface area (Å²) in [6.45, 7) is 5.40. The highest BCUT2D eigenvalue weighted by molar-refractivity contribution is 6.32. The van der Waals surface area contributed by atoms with Gasteiger partial charge in [-0.05, 0) is 43.0 Å². The van der Waals surface area contributed by atoms with E-state index in [4.69, 9.17) is 30.7 Å². The van der Waals surface area contributed by atoms with Crippen molar-refractivity contribution in [2.75, 3.05) is 26.9 Å². The fourth-order valence-electron chi connectivity index (χ4n) is 3.29. The molecular formula is C24H29ClN4O6. The number of hydrogen-bond donors (Lipinski definition) is 3. The number of nitrogens with one attached hydrogen (secondary N) is 1. The standard InChI is InChI=1S/C24H29ClN4O6/c1-13(2)5-19-14(3)6-16(9-26-19)24-28-23(29-35-24)15-7-18(25)22(20(8-15)33-4)34-12-17(31)10-27-21(32)11-30/h6-9,13,17,30-31H,5,10-12H2,1-4H3,(H,27,32)/t17-/m0/s1. The molecule has 1 amide bonds. The van der Waals surface area contributed by atoms with E-state index in [1.165, 1.54) is 7.11 Å². The van der Waals surface area contributed by atoms with Crippen LogP contribution in [0.5, 0.6) is 11.5 Å². The highest BCUT2D eigenvalue weighted by atomic mass is 35.5. The third-order valence-corrected chi connectivity index (χ3v) is 5.33. The fourth-order valence-corrected chi connectivity index (χ4v) is 3.56. The van der Waals surface area contributed by atoms with Crippen LogP contribution >= 0.6 is 11.6 Å². The normalized spacial score (nSPS) is 12.0. The van der Waals surface area contributed by atoms with Crippen molar-refractivity contribution in [3.05, 3.63) is 40.7 Å². The van der Waals surface area contributed by atoms with E-state index >= 15 is 0 Å². The summed E-state index contributed by atoms with van der Waals surface area (Å²) in [5, 5.41) is 25.3. The van der Waals surface area contributed by atoms with Crippen molar-refractivity contribution in [2.45, 2.75) is 33.3 Å². The Morgan fingerprint density at radius 2 is 2.03 bits per heavy atom. The molecule has 0 radical (unpaired) electrons. The number of carbonyl (C=O) groups is 1. The Hall–Kier alpha value is -3.21. The van der Waals surface area contributed by atoms with E-state index in [0.29, 0.717) is 34.5 Å². The van der Waals surface area contributed by atoms with Crippen LogP contribution in [0.25, 0.3) is 22.8 Å². The van der Waals surface area contributed by atoms with Crippen LogP contribution in [0.15, 0.2) is 28.9 Å². The van der Waals surface area contributed by atoms with E-state index in [0.717, 1.165) is 17.7 Å². The number of aliphatic hydroxyl groups is 2. The third-order valence-electron chi connectivity index (χ3n) is 5.05. The van der Waals surface area contributed by atoms with Gasteiger partial charge in [-0.25, -0.2) is 0 Å². The third kappa shape index (κ3) is 6.91. The van der Waals surface area contributed by atoms with Crippen molar-refractivity contribution in [2.24, 2.45) is 5.92 Å². The average Bonchev–Trinajstić information content (AvgIpc) is 3.32. The molecule has 0 spiro atoms. The van der Waals surface area contributed by atoms with Gasteiger partial charge >= 0.3 is 0 Å². The van der Waals surface area contributed by atoms with Crippen molar-refractivity contribution >= 4 is 17.5 Å². The maximum Gasteiger partial charge on any atom is 0.259 e. The molecule has 3 rings (SSSR count). The minimum Gasteiger partial charge on any atom is -0.493 e. The molecule has 11 heteroatoms. The fraction of sp³-hybridized carbons (Fsp3) is 0.417. The molecule has 188 valence electrons. The number of halogens is 1. The van der Waals surface area contributed by atoms with Crippen LogP contribution in [-0.4, -0.2) is 64.2 Å². The molecule has 0 aliphatic heterocycles. The molecule has 3 N–H and O–H groups in total. The van der Waals surface area contributed by atoms with Gasteiger partial charge in [0, 0.05) is 24.0 Å². The van der Waals surface area contributed by atoms with E-state index in [2.05, 4.69) is 34.3 Å². The summed E-state index contributed by atoms with van der Waals surface area (Å²) in [4.78, 5) is 20.1. The van der Waals surface area contributed by atoms with E-state index in [9.17, 15) is 9.90 Å². The molecular weight excluding hydrogens is 476 g/mol. The lowest BCUT2D eigenvalue weighted by molar-refractivity contribution is -0.124. The summed E-state index contributed by atoms with van der Waals surface area (Å²) < 4.78 is 16.5. The minimum absolute atomic E-state index is 0.0875. The lowest BCUT2D eigenvalue weighted by Crippen LogP contribution is -2.36. The van der Waals surface area contributed by atoms with Gasteiger partial charge in [0.2, 0.25) is 11.7 Å². The highest BCUT2D eigenvalue weighted by Gasteiger charge is 2.19. The van der Waals surface area contributed by atoms with Crippen molar-refractivity contribution in [1.82, 2.24) is 20.4 Å². The number of methoxy groups -OCH3 is 1. The molecule has 1 atom stereocenters. The smallest absolute Gasteiger partial charge is 0.259 e. The van der Waals surface area contributed by atoms with E-state index < -0.39 is 18.6 Å². The first-order chi connectivity index (χ1) is 16.7. The Kier molecular flexibility index (Phi) is 9.02. The Morgan fingerprint density at radius 3 is 2.69 bits per heavy atom. The van der Waals surface area contributed by atoms with E-state index in [1.807, 2.05) is 13.0 Å². The second-order valence-electron chi connectivity index (χ2n) is 8.43. The Bertz CT molecular complexity index is 1170. The van der Waals surface area contributed by atoms with Crippen LogP contribution in [-0.2, 0) is 11.2 Å². The Labute approximate surface area is 208 Å². The molecule has 0 aliphatic carbocycles. The van der Waals surface area contributed by atoms with Crippen LogP contribution in [0.4, 0.5) is 0 Å². The number of carbonyl (C=O) groups excluding carboxylic acids is 1. The molecule has 0 fully saturated rings. The summed E-state index contributed by atoms with van der Waals surface area (Å²) in [5.41, 5.74) is 3.36. The minimum atomic E-state index is -1.02. The average molecular weight is 505 g/mol. The van der Waals surface area contributed by atoms with Crippen LogP contribution in [0.1, 0.15) is 25.1 Å². The topological polar surface area (TPSA) is 140 Å². The van der Waals surface area contributed by atoms with Crippen LogP contribution in [0, 0.1) is 12.8 Å². The molecule has 2 aromatic heterocycles. The summed E-state index contributed by atoms with van der Waals surface area (Å²) in [6.07, 6.45) is 1.60. The molecule has 3 aromatic rings. The lowest BCUT2D eigenvalue weighted by atomic mass is 10.0. The van der Waals surface area contributed by atoms with Gasteiger partial charge in [0.05, 0.1) is 17.7 Å². The number of hydrogen-bond acceptors (Lipinski definition) is 9. The number of benzene rings is 1. The van der Waals surface area contributed by atoms with Gasteiger partial charge in [0.1, 0.15) is 19.3 Å². The first kappa shape index (κ1) is 26.4. The zero-order valence-corrected chi connectivity index (χ0v) is 20.8. The summed E-state index contributed by atoms with van der Waals surface area (Å²) in [5.74, 6) is 1.07. The number of pyridine rings is 1. The lowest BCUT2D eigenvalue weighted by Gasteiger charge is -2.16. The van der Waals surface area contributed by atoms with Gasteiger partial charge in [0.25, 0.3) is 5.89 Å². The van der Waals surface area contributed by atoms with Crippen LogP contribution in [0.2, 0.25) is 5.02 Å². The number of amides is 1. The molecule has 1 aromatic carbocycles. The van der Waals surface area contributed by atoms with Crippen molar-refractivity contribution in [3.8, 4) is 34.3 Å². The predicted molar refractivity (Wildman–Crippen MR) is 129 cm³/mol. The van der Waals surface area contributed by atoms with Crippen LogP contribution < -0.4 is 14.8 Å². The Balaban J connectivity index is 1.76. The molecule has 2 heterocycles. The molecule has 35 heavy (non-hydrogen) atoms. The van der Waals surface area contributed by atoms with Gasteiger partial charge in [-0.2, -0.15) is 4.98 Å². The van der Waals surface area contributed by atoms with Crippen LogP contribution in [0.3, 0.4) is 0 Å². The predicted octanol–water partition coefficient (Wildman–Crippen LogP) is 2.82. The van der Waals surface area contributed by atoms with E-state index in [1.54, 1.807) is 18.3 Å². The van der Waals surface area contributed by atoms with Gasteiger partial charge < -0.3 is 29.5 Å². The second-order valence-corrected chi connectivity index (χ2v) is 8.83. The summed E-state index contributed by atoms with van der Waals surface area (Å²) in [6, 6.07) is 5.22. The monoisotopic (exact) mass is 504 g/mol. The van der Waals surface area contributed by atoms with Crippen molar-refractivity contribution in [1.29, 1.82) is 0 Å². The summed E-state index contributed by atoms with van der Waals surface area (Å²) in [7, 11) is 1.45. The number of aromatic nitrogens is 3. The van der Waals surface area contributed by atoms with Gasteiger partial charge in [-0.3, -0.25) is 9.78 Å². The maximum absolute atomic E-state index is 11.1. The van der Waals surface area contributed by atoms with Gasteiger partial charge in [0.15, 0.2) is 11.5 Å². The van der Waals surface area contributed by atoms with Crippen molar-refractivity contribution in [3.63, 3.8) is 0 Å². The molecule has 0 bridgehead atoms. The molecule has 10 nitrogen and oxygen atoms in total. The zero-order chi connectivity index (χ0) is 25.5. The SMILES string of the molecule is COc1cc(-c2noc(-c3cnc(CC(C)C)c(C)c3)n2)cc(Cl)c1OC[C@@H](O)CNC(=O)CO. The first-order valence-corrected chi connectivity index (χ1v) is 11.5. The molecule has 0 aliphatic rings. The van der Waals surface area contributed by atoms with E-state index in [-0.39, 0.29) is 23.9 Å². The molecule has 0 saturated carbocycles. The quantitative estimate of drug-likeness (QED) is 0.359. The number of ether oxygens (including phenoxy) is 2. The van der Waals surface area contributed by atoms with Gasteiger partial charge in [-0.15, -0.1) is 0 Å². The highest BCUT2D eigenvalue weighted by Crippen LogP contribution is 2.39. The summed E-state index contributed by atoms with van der Waals surface area (Å²) >= 11 is 6.41. The Morgan fingerprint density at radius 1 is 1.26 bits per heavy atom. The molecule has 0 unspecified atom stereocenters.